The molecule has 13 heteroatoms. The van der Waals surface area contributed by atoms with Gasteiger partial charge in [0.2, 0.25) is 22.6 Å². The molecule has 0 saturated heterocycles. The first-order chi connectivity index (χ1) is 13.0. The van der Waals surface area contributed by atoms with E-state index in [4.69, 9.17) is 9.47 Å². The van der Waals surface area contributed by atoms with Crippen LogP contribution in [0.25, 0.3) is 0 Å². The number of ether oxygens (including phenoxy) is 3. The summed E-state index contributed by atoms with van der Waals surface area (Å²) in [4.78, 5) is 9.10. The Morgan fingerprint density at radius 2 is 1.86 bits per heavy atom. The van der Waals surface area contributed by atoms with Gasteiger partial charge in [-0.15, -0.1) is 13.2 Å². The van der Waals surface area contributed by atoms with E-state index in [9.17, 15) is 31.7 Å². The van der Waals surface area contributed by atoms with Crippen LogP contribution in [0.3, 0.4) is 0 Å². The molecule has 0 fully saturated rings. The molecule has 28 heavy (non-hydrogen) atoms. The maximum Gasteiger partial charge on any atom is 0.573 e. The first-order valence-electron chi connectivity index (χ1n) is 7.47. The van der Waals surface area contributed by atoms with E-state index >= 15 is 0 Å². The molecule has 1 heterocycles. The first kappa shape index (κ1) is 19.7. The molecule has 1 aliphatic heterocycles. The molecule has 0 amide bonds. The van der Waals surface area contributed by atoms with Crippen LogP contribution in [-0.2, 0) is 16.6 Å². The highest BCUT2D eigenvalue weighted by Crippen LogP contribution is 2.34. The minimum Gasteiger partial charge on any atom is -0.454 e. The largest absolute Gasteiger partial charge is 0.573 e. The van der Waals surface area contributed by atoms with Crippen molar-refractivity contribution in [3.05, 3.63) is 52.1 Å². The van der Waals surface area contributed by atoms with Crippen molar-refractivity contribution in [2.24, 2.45) is 0 Å². The number of nitrogens with zero attached hydrogens (tertiary/aromatic N) is 1. The van der Waals surface area contributed by atoms with Crippen LogP contribution >= 0.6 is 0 Å². The zero-order valence-corrected chi connectivity index (χ0v) is 14.5. The van der Waals surface area contributed by atoms with Crippen LogP contribution in [0.5, 0.6) is 17.2 Å². The Hall–Kier alpha value is -3.06. The van der Waals surface area contributed by atoms with E-state index in [2.05, 4.69) is 9.46 Å². The van der Waals surface area contributed by atoms with Crippen molar-refractivity contribution < 1.29 is 40.7 Å². The van der Waals surface area contributed by atoms with Gasteiger partial charge in [-0.1, -0.05) is 6.07 Å². The molecule has 0 aromatic heterocycles. The fourth-order valence-corrected chi connectivity index (χ4v) is 3.36. The lowest BCUT2D eigenvalue weighted by Crippen LogP contribution is -2.24. The van der Waals surface area contributed by atoms with Gasteiger partial charge in [0.05, 0.1) is 9.82 Å². The fraction of sp³-hybridized carbons (Fsp3) is 0.200. The molecule has 1 aliphatic rings. The molecule has 9 nitrogen and oxygen atoms in total. The zero-order chi connectivity index (χ0) is 20.5. The van der Waals surface area contributed by atoms with Crippen molar-refractivity contribution in [1.82, 2.24) is 4.72 Å². The minimum absolute atomic E-state index is 0.0370. The minimum atomic E-state index is -5.23. The number of fused-ring (bicyclic) bond motifs is 1. The highest BCUT2D eigenvalue weighted by Gasteiger charge is 2.35. The predicted octanol–water partition coefficient (Wildman–Crippen LogP) is 2.70. The Balaban J connectivity index is 1.82. The Kier molecular flexibility index (Phi) is 5.04. The third-order valence-electron chi connectivity index (χ3n) is 3.57. The molecule has 0 bridgehead atoms. The second-order valence-electron chi connectivity index (χ2n) is 5.45. The SMILES string of the molecule is O=[N+]([O-])c1ccc(S(=O)(=O)NCc2ccc3c(c2)OCO3)cc1OC(F)(F)F. The summed E-state index contributed by atoms with van der Waals surface area (Å²) in [6, 6.07) is 6.56. The van der Waals surface area contributed by atoms with Gasteiger partial charge >= 0.3 is 12.0 Å². The van der Waals surface area contributed by atoms with Crippen LogP contribution in [0.2, 0.25) is 0 Å². The summed E-state index contributed by atoms with van der Waals surface area (Å²) in [6.45, 7) is -0.166. The van der Waals surface area contributed by atoms with Crippen LogP contribution in [-0.4, -0.2) is 26.5 Å². The standard InChI is InChI=1S/C15H11F3N2O7S/c16-15(17,18)27-13-6-10(2-3-11(13)20(21)22)28(23,24)19-7-9-1-4-12-14(5-9)26-8-25-12/h1-6,19H,7-8H2. The van der Waals surface area contributed by atoms with Crippen LogP contribution in [0, 0.1) is 10.1 Å². The molecule has 0 radical (unpaired) electrons. The number of hydrogen-bond donors (Lipinski definition) is 1. The van der Waals surface area contributed by atoms with Gasteiger partial charge in [0, 0.05) is 18.7 Å². The van der Waals surface area contributed by atoms with E-state index in [0.717, 1.165) is 6.07 Å². The number of nitrogens with one attached hydrogen (secondary N) is 1. The van der Waals surface area contributed by atoms with Crippen LogP contribution < -0.4 is 18.9 Å². The summed E-state index contributed by atoms with van der Waals surface area (Å²) < 4.78 is 78.2. The van der Waals surface area contributed by atoms with Gasteiger partial charge in [-0.25, -0.2) is 13.1 Å². The molecule has 3 rings (SSSR count). The van der Waals surface area contributed by atoms with E-state index in [1.165, 1.54) is 0 Å². The van der Waals surface area contributed by atoms with Gasteiger partial charge in [-0.05, 0) is 23.8 Å². The maximum atomic E-state index is 12.5. The molecular formula is C15H11F3N2O7S. The molecule has 150 valence electrons. The van der Waals surface area contributed by atoms with Crippen LogP contribution in [0.15, 0.2) is 41.3 Å². The number of sulfonamides is 1. The smallest absolute Gasteiger partial charge is 0.454 e. The lowest BCUT2D eigenvalue weighted by Gasteiger charge is -2.11. The molecular weight excluding hydrogens is 409 g/mol. The molecule has 2 aromatic rings. The summed E-state index contributed by atoms with van der Waals surface area (Å²) in [6.07, 6.45) is -5.23. The molecule has 2 aromatic carbocycles. The van der Waals surface area contributed by atoms with E-state index in [0.29, 0.717) is 29.2 Å². The lowest BCUT2D eigenvalue weighted by atomic mass is 10.2. The second kappa shape index (κ2) is 7.16. The van der Waals surface area contributed by atoms with E-state index in [1.54, 1.807) is 18.2 Å². The zero-order valence-electron chi connectivity index (χ0n) is 13.7. The third-order valence-corrected chi connectivity index (χ3v) is 4.97. The Morgan fingerprint density at radius 3 is 2.54 bits per heavy atom. The normalized spacial score (nSPS) is 13.4. The van der Waals surface area contributed by atoms with Crippen molar-refractivity contribution in [2.75, 3.05) is 6.79 Å². The molecule has 0 saturated carbocycles. The van der Waals surface area contributed by atoms with Gasteiger partial charge in [0.1, 0.15) is 0 Å². The number of nitro groups is 1. The Morgan fingerprint density at radius 1 is 1.14 bits per heavy atom. The van der Waals surface area contributed by atoms with Crippen molar-refractivity contribution >= 4 is 15.7 Å². The summed E-state index contributed by atoms with van der Waals surface area (Å²) in [5.41, 5.74) is -0.520. The summed E-state index contributed by atoms with van der Waals surface area (Å²) in [7, 11) is -4.29. The summed E-state index contributed by atoms with van der Waals surface area (Å²) >= 11 is 0. The average Bonchev–Trinajstić information content (AvgIpc) is 3.06. The number of benzene rings is 2. The predicted molar refractivity (Wildman–Crippen MR) is 86.4 cm³/mol. The molecule has 0 aliphatic carbocycles. The van der Waals surface area contributed by atoms with Gasteiger partial charge in [0.15, 0.2) is 11.5 Å². The number of halogens is 3. The summed E-state index contributed by atoms with van der Waals surface area (Å²) in [5.74, 6) is -0.313. The van der Waals surface area contributed by atoms with Crippen molar-refractivity contribution in [3.63, 3.8) is 0 Å². The molecule has 0 spiro atoms. The average molecular weight is 420 g/mol. The number of rotatable bonds is 6. The topological polar surface area (TPSA) is 117 Å². The Labute approximate surface area is 155 Å². The van der Waals surface area contributed by atoms with Crippen molar-refractivity contribution in [1.29, 1.82) is 0 Å². The third kappa shape index (κ3) is 4.43. The van der Waals surface area contributed by atoms with Crippen molar-refractivity contribution in [2.45, 2.75) is 17.8 Å². The lowest BCUT2D eigenvalue weighted by molar-refractivity contribution is -0.388. The first-order valence-corrected chi connectivity index (χ1v) is 8.96. The Bertz CT molecular complexity index is 1020. The summed E-state index contributed by atoms with van der Waals surface area (Å²) in [5, 5.41) is 10.8. The van der Waals surface area contributed by atoms with Gasteiger partial charge in [0.25, 0.3) is 0 Å². The number of alkyl halides is 3. The molecule has 1 N–H and O–H groups in total. The highest BCUT2D eigenvalue weighted by atomic mass is 32.2. The van der Waals surface area contributed by atoms with E-state index in [1.807, 2.05) is 0 Å². The van der Waals surface area contributed by atoms with Crippen LogP contribution in [0.4, 0.5) is 18.9 Å². The quantitative estimate of drug-likeness (QED) is 0.564. The van der Waals surface area contributed by atoms with Gasteiger partial charge < -0.3 is 14.2 Å². The fourth-order valence-electron chi connectivity index (χ4n) is 2.33. The molecule has 0 atom stereocenters. The van der Waals surface area contributed by atoms with Crippen molar-refractivity contribution in [3.8, 4) is 17.2 Å². The van der Waals surface area contributed by atoms with Gasteiger partial charge in [-0.3, -0.25) is 10.1 Å². The van der Waals surface area contributed by atoms with E-state index < -0.39 is 37.6 Å². The van der Waals surface area contributed by atoms with E-state index in [-0.39, 0.29) is 13.3 Å². The number of hydrogen-bond acceptors (Lipinski definition) is 7. The monoisotopic (exact) mass is 420 g/mol. The highest BCUT2D eigenvalue weighted by molar-refractivity contribution is 7.89. The molecule has 0 unspecified atom stereocenters. The maximum absolute atomic E-state index is 12.5. The number of nitro benzene ring substituents is 1. The van der Waals surface area contributed by atoms with Gasteiger partial charge in [-0.2, -0.15) is 0 Å². The van der Waals surface area contributed by atoms with Crippen LogP contribution in [0.1, 0.15) is 5.56 Å². The second-order valence-corrected chi connectivity index (χ2v) is 7.21.